The molecule has 0 aliphatic carbocycles. The van der Waals surface area contributed by atoms with Crippen LogP contribution in [0.15, 0.2) is 24.4 Å². The highest BCUT2D eigenvalue weighted by Gasteiger charge is 2.31. The van der Waals surface area contributed by atoms with Gasteiger partial charge in [-0.2, -0.15) is 10.4 Å². The van der Waals surface area contributed by atoms with Crippen molar-refractivity contribution < 1.29 is 9.90 Å². The van der Waals surface area contributed by atoms with Gasteiger partial charge in [0, 0.05) is 17.4 Å². The standard InChI is InChI=1S/C16H17ClN4O2/c1-10-6-13(5-4-12(10)7-18)19-15(22)16(3,23)9-21-8-11(2)14(17)20-21/h4-6,8,23H,9H2,1-3H3,(H,19,22). The minimum atomic E-state index is -1.66. The third-order valence-corrected chi connectivity index (χ3v) is 3.82. The van der Waals surface area contributed by atoms with Crippen LogP contribution in [0.2, 0.25) is 5.15 Å². The molecule has 0 radical (unpaired) electrons. The zero-order valence-corrected chi connectivity index (χ0v) is 13.8. The summed E-state index contributed by atoms with van der Waals surface area (Å²) in [5, 5.41) is 26.3. The number of anilines is 1. The summed E-state index contributed by atoms with van der Waals surface area (Å²) in [6.07, 6.45) is 1.66. The third kappa shape index (κ3) is 3.89. The topological polar surface area (TPSA) is 90.9 Å². The van der Waals surface area contributed by atoms with E-state index >= 15 is 0 Å². The van der Waals surface area contributed by atoms with E-state index in [0.717, 1.165) is 11.1 Å². The molecule has 1 atom stereocenters. The molecule has 0 aliphatic rings. The number of aryl methyl sites for hydroxylation is 2. The van der Waals surface area contributed by atoms with E-state index in [1.54, 1.807) is 38.2 Å². The number of aromatic nitrogens is 2. The maximum absolute atomic E-state index is 12.3. The molecule has 2 aromatic rings. The lowest BCUT2D eigenvalue weighted by Crippen LogP contribution is -2.43. The van der Waals surface area contributed by atoms with E-state index in [9.17, 15) is 9.90 Å². The molecular formula is C16H17ClN4O2. The Kier molecular flexibility index (Phi) is 4.73. The van der Waals surface area contributed by atoms with E-state index in [-0.39, 0.29) is 6.54 Å². The van der Waals surface area contributed by atoms with Crippen molar-refractivity contribution in [2.75, 3.05) is 5.32 Å². The minimum absolute atomic E-state index is 0.0261. The van der Waals surface area contributed by atoms with Crippen LogP contribution in [0.1, 0.15) is 23.6 Å². The molecule has 1 amide bonds. The minimum Gasteiger partial charge on any atom is -0.378 e. The molecule has 6 nitrogen and oxygen atoms in total. The van der Waals surface area contributed by atoms with Crippen molar-refractivity contribution in [1.82, 2.24) is 9.78 Å². The molecule has 0 spiro atoms. The molecular weight excluding hydrogens is 316 g/mol. The normalized spacial score (nSPS) is 13.2. The van der Waals surface area contributed by atoms with Crippen molar-refractivity contribution in [3.8, 4) is 6.07 Å². The third-order valence-electron chi connectivity index (χ3n) is 3.45. The van der Waals surface area contributed by atoms with Crippen molar-refractivity contribution in [2.45, 2.75) is 32.9 Å². The van der Waals surface area contributed by atoms with E-state index in [4.69, 9.17) is 16.9 Å². The Labute approximate surface area is 139 Å². The van der Waals surface area contributed by atoms with Crippen LogP contribution in [0.4, 0.5) is 5.69 Å². The summed E-state index contributed by atoms with van der Waals surface area (Å²) in [6.45, 7) is 4.95. The van der Waals surface area contributed by atoms with Gasteiger partial charge in [0.1, 0.15) is 0 Å². The molecule has 1 aromatic heterocycles. The predicted molar refractivity (Wildman–Crippen MR) is 87.1 cm³/mol. The summed E-state index contributed by atoms with van der Waals surface area (Å²) < 4.78 is 1.43. The molecule has 0 aliphatic heterocycles. The van der Waals surface area contributed by atoms with Gasteiger partial charge in [0.2, 0.25) is 0 Å². The highest BCUT2D eigenvalue weighted by atomic mass is 35.5. The first kappa shape index (κ1) is 17.0. The Balaban J connectivity index is 2.12. The van der Waals surface area contributed by atoms with Gasteiger partial charge >= 0.3 is 0 Å². The summed E-state index contributed by atoms with van der Waals surface area (Å²) >= 11 is 5.87. The molecule has 7 heteroatoms. The molecule has 1 heterocycles. The van der Waals surface area contributed by atoms with Crippen molar-refractivity contribution in [3.63, 3.8) is 0 Å². The lowest BCUT2D eigenvalue weighted by Gasteiger charge is -2.22. The monoisotopic (exact) mass is 332 g/mol. The van der Waals surface area contributed by atoms with Crippen molar-refractivity contribution in [3.05, 3.63) is 46.2 Å². The number of nitriles is 1. The van der Waals surface area contributed by atoms with Crippen LogP contribution < -0.4 is 5.32 Å². The molecule has 1 unspecified atom stereocenters. The van der Waals surface area contributed by atoms with Crippen molar-refractivity contribution in [1.29, 1.82) is 5.26 Å². The van der Waals surface area contributed by atoms with Crippen LogP contribution in [0.3, 0.4) is 0 Å². The maximum atomic E-state index is 12.3. The lowest BCUT2D eigenvalue weighted by atomic mass is 10.1. The van der Waals surface area contributed by atoms with Crippen LogP contribution in [-0.4, -0.2) is 26.4 Å². The van der Waals surface area contributed by atoms with E-state index in [0.29, 0.717) is 16.4 Å². The predicted octanol–water partition coefficient (Wildman–Crippen LogP) is 2.41. The number of benzene rings is 1. The summed E-state index contributed by atoms with van der Waals surface area (Å²) in [6, 6.07) is 6.98. The number of nitrogens with zero attached hydrogens (tertiary/aromatic N) is 3. The van der Waals surface area contributed by atoms with Gasteiger partial charge in [-0.15, -0.1) is 0 Å². The Morgan fingerprint density at radius 3 is 2.70 bits per heavy atom. The molecule has 0 saturated carbocycles. The number of aliphatic hydroxyl groups is 1. The quantitative estimate of drug-likeness (QED) is 0.899. The second-order valence-electron chi connectivity index (χ2n) is 5.67. The Bertz CT molecular complexity index is 770. The zero-order chi connectivity index (χ0) is 17.2. The lowest BCUT2D eigenvalue weighted by molar-refractivity contribution is -0.133. The van der Waals surface area contributed by atoms with Crippen LogP contribution in [0, 0.1) is 25.2 Å². The molecule has 0 bridgehead atoms. The largest absolute Gasteiger partial charge is 0.378 e. The average molecular weight is 333 g/mol. The smallest absolute Gasteiger partial charge is 0.257 e. The van der Waals surface area contributed by atoms with Crippen molar-refractivity contribution in [2.24, 2.45) is 0 Å². The highest BCUT2D eigenvalue weighted by molar-refractivity contribution is 6.30. The Hall–Kier alpha value is -2.36. The number of halogens is 1. The van der Waals surface area contributed by atoms with Gasteiger partial charge in [-0.3, -0.25) is 9.48 Å². The van der Waals surface area contributed by atoms with Gasteiger partial charge in [0.25, 0.3) is 5.91 Å². The number of amides is 1. The summed E-state index contributed by atoms with van der Waals surface area (Å²) in [4.78, 5) is 12.3. The second kappa shape index (κ2) is 6.41. The number of hydrogen-bond donors (Lipinski definition) is 2. The fourth-order valence-corrected chi connectivity index (χ4v) is 2.24. The summed E-state index contributed by atoms with van der Waals surface area (Å²) in [5.41, 5.74) is 0.909. The van der Waals surface area contributed by atoms with E-state index < -0.39 is 11.5 Å². The molecule has 2 N–H and O–H groups in total. The van der Waals surface area contributed by atoms with Crippen LogP contribution in [0.25, 0.3) is 0 Å². The van der Waals surface area contributed by atoms with Crippen LogP contribution >= 0.6 is 11.6 Å². The van der Waals surface area contributed by atoms with E-state index in [1.165, 1.54) is 11.6 Å². The van der Waals surface area contributed by atoms with Gasteiger partial charge in [-0.05, 0) is 44.5 Å². The maximum Gasteiger partial charge on any atom is 0.257 e. The summed E-state index contributed by atoms with van der Waals surface area (Å²) in [7, 11) is 0. The summed E-state index contributed by atoms with van der Waals surface area (Å²) in [5.74, 6) is -0.564. The number of hydrogen-bond acceptors (Lipinski definition) is 4. The fraction of sp³-hybridized carbons (Fsp3) is 0.312. The first-order chi connectivity index (χ1) is 10.7. The van der Waals surface area contributed by atoms with Crippen LogP contribution in [-0.2, 0) is 11.3 Å². The van der Waals surface area contributed by atoms with Crippen molar-refractivity contribution >= 4 is 23.2 Å². The molecule has 0 fully saturated rings. The van der Waals surface area contributed by atoms with Crippen LogP contribution in [0.5, 0.6) is 0 Å². The van der Waals surface area contributed by atoms with Gasteiger partial charge in [0.15, 0.2) is 10.8 Å². The number of rotatable bonds is 4. The van der Waals surface area contributed by atoms with Gasteiger partial charge < -0.3 is 10.4 Å². The van der Waals surface area contributed by atoms with E-state index in [2.05, 4.69) is 16.5 Å². The Morgan fingerprint density at radius 1 is 1.48 bits per heavy atom. The molecule has 120 valence electrons. The zero-order valence-electron chi connectivity index (χ0n) is 13.1. The van der Waals surface area contributed by atoms with Gasteiger partial charge in [0.05, 0.1) is 18.2 Å². The van der Waals surface area contributed by atoms with Gasteiger partial charge in [-0.1, -0.05) is 11.6 Å². The molecule has 2 rings (SSSR count). The molecule has 0 saturated heterocycles. The average Bonchev–Trinajstić information content (AvgIpc) is 2.76. The second-order valence-corrected chi connectivity index (χ2v) is 6.03. The number of carbonyl (C=O) groups is 1. The Morgan fingerprint density at radius 2 is 2.17 bits per heavy atom. The number of carbonyl (C=O) groups excluding carboxylic acids is 1. The molecule has 23 heavy (non-hydrogen) atoms. The SMILES string of the molecule is Cc1cc(NC(=O)C(C)(O)Cn2cc(C)c(Cl)n2)ccc1C#N. The highest BCUT2D eigenvalue weighted by Crippen LogP contribution is 2.18. The first-order valence-electron chi connectivity index (χ1n) is 6.97. The first-order valence-corrected chi connectivity index (χ1v) is 7.35. The molecule has 1 aromatic carbocycles. The fourth-order valence-electron chi connectivity index (χ4n) is 2.10. The number of nitrogens with one attached hydrogen (secondary N) is 1. The van der Waals surface area contributed by atoms with Gasteiger partial charge in [-0.25, -0.2) is 0 Å². The van der Waals surface area contributed by atoms with E-state index in [1.807, 2.05) is 0 Å².